The lowest BCUT2D eigenvalue weighted by Gasteiger charge is -2.37. The van der Waals surface area contributed by atoms with Gasteiger partial charge in [-0.15, -0.1) is 0 Å². The van der Waals surface area contributed by atoms with Gasteiger partial charge in [0.25, 0.3) is 0 Å². The van der Waals surface area contributed by atoms with E-state index in [1.165, 1.54) is 0 Å². The van der Waals surface area contributed by atoms with Gasteiger partial charge in [0.1, 0.15) is 12.1 Å². The molecule has 1 aliphatic rings. The van der Waals surface area contributed by atoms with Crippen LogP contribution in [0.4, 0.5) is 5.82 Å². The highest BCUT2D eigenvalue weighted by atomic mass is 16.5. The second-order valence-corrected chi connectivity index (χ2v) is 5.80. The largest absolute Gasteiger partial charge is 0.493 e. The van der Waals surface area contributed by atoms with Crippen molar-refractivity contribution in [2.24, 2.45) is 0 Å². The number of hydrogen-bond donors (Lipinski definition) is 1. The van der Waals surface area contributed by atoms with Crippen molar-refractivity contribution in [3.8, 4) is 11.5 Å². The summed E-state index contributed by atoms with van der Waals surface area (Å²) in [7, 11) is 3.27. The third-order valence-corrected chi connectivity index (χ3v) is 3.98. The fourth-order valence-corrected chi connectivity index (χ4v) is 3.12. The van der Waals surface area contributed by atoms with Gasteiger partial charge in [0, 0.05) is 36.6 Å². The van der Waals surface area contributed by atoms with Crippen molar-refractivity contribution in [2.75, 3.05) is 32.2 Å². The Labute approximate surface area is 130 Å². The molecule has 6 heteroatoms. The topological polar surface area (TPSA) is 59.5 Å². The molecule has 3 rings (SSSR count). The minimum absolute atomic E-state index is 0.425. The van der Waals surface area contributed by atoms with E-state index < -0.39 is 0 Å². The minimum Gasteiger partial charge on any atom is -0.493 e. The smallest absolute Gasteiger partial charge is 0.162 e. The molecule has 0 radical (unpaired) electrons. The lowest BCUT2D eigenvalue weighted by Crippen LogP contribution is -2.54. The van der Waals surface area contributed by atoms with Gasteiger partial charge in [-0.1, -0.05) is 0 Å². The van der Waals surface area contributed by atoms with E-state index in [-0.39, 0.29) is 0 Å². The summed E-state index contributed by atoms with van der Waals surface area (Å²) in [5.41, 5.74) is 0.862. The average Bonchev–Trinajstić information content (AvgIpc) is 2.51. The van der Waals surface area contributed by atoms with Crippen LogP contribution in [0.5, 0.6) is 11.5 Å². The molecule has 2 atom stereocenters. The molecule has 1 aliphatic heterocycles. The molecule has 1 fully saturated rings. The molecule has 1 aromatic carbocycles. The van der Waals surface area contributed by atoms with Crippen molar-refractivity contribution >= 4 is 16.7 Å². The Balaban J connectivity index is 2.09. The van der Waals surface area contributed by atoms with Crippen molar-refractivity contribution in [3.63, 3.8) is 0 Å². The average molecular weight is 302 g/mol. The number of rotatable bonds is 3. The van der Waals surface area contributed by atoms with E-state index in [1.54, 1.807) is 20.5 Å². The van der Waals surface area contributed by atoms with Crippen LogP contribution in [0.15, 0.2) is 18.5 Å². The maximum absolute atomic E-state index is 5.42. The van der Waals surface area contributed by atoms with Crippen molar-refractivity contribution in [1.29, 1.82) is 0 Å². The molecule has 22 heavy (non-hydrogen) atoms. The molecule has 118 valence electrons. The summed E-state index contributed by atoms with van der Waals surface area (Å²) in [5, 5.41) is 4.53. The van der Waals surface area contributed by atoms with Gasteiger partial charge >= 0.3 is 0 Å². The molecule has 0 saturated carbocycles. The Morgan fingerprint density at radius 1 is 1.05 bits per heavy atom. The Kier molecular flexibility index (Phi) is 4.02. The molecular weight excluding hydrogens is 280 g/mol. The number of methoxy groups -OCH3 is 2. The SMILES string of the molecule is COc1cc2ncnc(N3C[C@@H](C)N[C@@H](C)C3)c2cc1OC. The third kappa shape index (κ3) is 2.66. The quantitative estimate of drug-likeness (QED) is 0.933. The van der Waals surface area contributed by atoms with Gasteiger partial charge in [-0.3, -0.25) is 0 Å². The Hall–Kier alpha value is -2.08. The molecule has 2 aromatic rings. The highest BCUT2D eigenvalue weighted by molar-refractivity contribution is 5.92. The first-order chi connectivity index (χ1) is 10.6. The van der Waals surface area contributed by atoms with E-state index in [0.29, 0.717) is 23.6 Å². The summed E-state index contributed by atoms with van der Waals surface area (Å²) in [5.74, 6) is 2.33. The number of hydrogen-bond acceptors (Lipinski definition) is 6. The first kappa shape index (κ1) is 14.8. The van der Waals surface area contributed by atoms with Crippen LogP contribution in [0.25, 0.3) is 10.9 Å². The van der Waals surface area contributed by atoms with Gasteiger partial charge in [-0.05, 0) is 19.9 Å². The molecule has 0 unspecified atom stereocenters. The predicted molar refractivity (Wildman–Crippen MR) is 86.9 cm³/mol. The van der Waals surface area contributed by atoms with Crippen LogP contribution >= 0.6 is 0 Å². The minimum atomic E-state index is 0.425. The standard InChI is InChI=1S/C16H22N4O2/c1-10-7-20(8-11(2)19-10)16-12-5-14(21-3)15(22-4)6-13(12)17-9-18-16/h5-6,9-11,19H,7-8H2,1-4H3/t10-,11+. The van der Waals surface area contributed by atoms with Crippen molar-refractivity contribution in [1.82, 2.24) is 15.3 Å². The Morgan fingerprint density at radius 2 is 1.68 bits per heavy atom. The third-order valence-electron chi connectivity index (χ3n) is 3.98. The van der Waals surface area contributed by atoms with Crippen LogP contribution < -0.4 is 19.7 Å². The molecule has 2 heterocycles. The molecule has 1 aromatic heterocycles. The molecule has 0 amide bonds. The number of fused-ring (bicyclic) bond motifs is 1. The molecule has 1 saturated heterocycles. The van der Waals surface area contributed by atoms with Crippen molar-refractivity contribution < 1.29 is 9.47 Å². The lowest BCUT2D eigenvalue weighted by atomic mass is 10.1. The van der Waals surface area contributed by atoms with E-state index in [1.807, 2.05) is 12.1 Å². The maximum atomic E-state index is 5.42. The number of nitrogens with one attached hydrogen (secondary N) is 1. The van der Waals surface area contributed by atoms with Gasteiger partial charge in [0.05, 0.1) is 19.7 Å². The Morgan fingerprint density at radius 3 is 2.32 bits per heavy atom. The van der Waals surface area contributed by atoms with Gasteiger partial charge in [0.15, 0.2) is 11.5 Å². The van der Waals surface area contributed by atoms with Gasteiger partial charge in [0.2, 0.25) is 0 Å². The summed E-state index contributed by atoms with van der Waals surface area (Å²) < 4.78 is 10.8. The van der Waals surface area contributed by atoms with Gasteiger partial charge < -0.3 is 19.7 Å². The van der Waals surface area contributed by atoms with E-state index >= 15 is 0 Å². The number of piperazine rings is 1. The number of anilines is 1. The zero-order chi connectivity index (χ0) is 15.7. The lowest BCUT2D eigenvalue weighted by molar-refractivity contribution is 0.355. The van der Waals surface area contributed by atoms with Gasteiger partial charge in [-0.25, -0.2) is 9.97 Å². The summed E-state index contributed by atoms with van der Waals surface area (Å²) in [6.45, 7) is 6.22. The molecule has 1 N–H and O–H groups in total. The molecule has 0 bridgehead atoms. The maximum Gasteiger partial charge on any atom is 0.162 e. The molecule has 6 nitrogen and oxygen atoms in total. The molecular formula is C16H22N4O2. The summed E-state index contributed by atoms with van der Waals surface area (Å²) in [6.07, 6.45) is 1.61. The Bertz CT molecular complexity index is 666. The van der Waals surface area contributed by atoms with Crippen LogP contribution in [0.2, 0.25) is 0 Å². The van der Waals surface area contributed by atoms with E-state index in [4.69, 9.17) is 9.47 Å². The predicted octanol–water partition coefficient (Wildman–Crippen LogP) is 1.83. The van der Waals surface area contributed by atoms with Crippen LogP contribution in [0, 0.1) is 0 Å². The first-order valence-corrected chi connectivity index (χ1v) is 7.50. The first-order valence-electron chi connectivity index (χ1n) is 7.50. The highest BCUT2D eigenvalue weighted by Gasteiger charge is 2.24. The van der Waals surface area contributed by atoms with Crippen molar-refractivity contribution in [3.05, 3.63) is 18.5 Å². The van der Waals surface area contributed by atoms with E-state index in [0.717, 1.165) is 29.8 Å². The van der Waals surface area contributed by atoms with Crippen LogP contribution in [-0.2, 0) is 0 Å². The van der Waals surface area contributed by atoms with Crippen molar-refractivity contribution in [2.45, 2.75) is 25.9 Å². The van der Waals surface area contributed by atoms with E-state index in [2.05, 4.69) is 34.0 Å². The normalized spacial score (nSPS) is 21.9. The van der Waals surface area contributed by atoms with E-state index in [9.17, 15) is 0 Å². The highest BCUT2D eigenvalue weighted by Crippen LogP contribution is 2.35. The van der Waals surface area contributed by atoms with Crippen LogP contribution in [0.3, 0.4) is 0 Å². The number of aromatic nitrogens is 2. The van der Waals surface area contributed by atoms with Crippen LogP contribution in [0.1, 0.15) is 13.8 Å². The zero-order valence-corrected chi connectivity index (χ0v) is 13.5. The van der Waals surface area contributed by atoms with Crippen LogP contribution in [-0.4, -0.2) is 49.4 Å². The molecule has 0 aliphatic carbocycles. The fourth-order valence-electron chi connectivity index (χ4n) is 3.12. The summed E-state index contributed by atoms with van der Waals surface area (Å²) >= 11 is 0. The second-order valence-electron chi connectivity index (χ2n) is 5.80. The molecule has 0 spiro atoms. The second kappa shape index (κ2) is 5.96. The number of ether oxygens (including phenoxy) is 2. The number of benzene rings is 1. The summed E-state index contributed by atoms with van der Waals surface area (Å²) in [6, 6.07) is 4.71. The monoisotopic (exact) mass is 302 g/mol. The number of nitrogens with zero attached hydrogens (tertiary/aromatic N) is 3. The fraction of sp³-hybridized carbons (Fsp3) is 0.500. The zero-order valence-electron chi connectivity index (χ0n) is 13.5. The summed E-state index contributed by atoms with van der Waals surface area (Å²) in [4.78, 5) is 11.2. The van der Waals surface area contributed by atoms with Gasteiger partial charge in [-0.2, -0.15) is 0 Å².